The van der Waals surface area contributed by atoms with Crippen molar-refractivity contribution in [2.45, 2.75) is 46.3 Å². The minimum Gasteiger partial charge on any atom is -0.352 e. The Morgan fingerprint density at radius 3 is 3.05 bits per heavy atom. The van der Waals surface area contributed by atoms with Gasteiger partial charge in [0.2, 0.25) is 0 Å². The summed E-state index contributed by atoms with van der Waals surface area (Å²) in [6, 6.07) is 5.02. The van der Waals surface area contributed by atoms with Crippen LogP contribution in [-0.2, 0) is 19.5 Å². The highest BCUT2D eigenvalue weighted by molar-refractivity contribution is 7.10. The molecule has 1 N–H and O–H groups in total. The Kier molecular flexibility index (Phi) is 4.27. The zero-order valence-corrected chi connectivity index (χ0v) is 13.8. The Labute approximate surface area is 131 Å². The third kappa shape index (κ3) is 3.27. The summed E-state index contributed by atoms with van der Waals surface area (Å²) in [5.41, 5.74) is 4.01. The zero-order chi connectivity index (χ0) is 14.8. The molecule has 2 aromatic heterocycles. The molecule has 0 saturated carbocycles. The van der Waals surface area contributed by atoms with Crippen molar-refractivity contribution < 1.29 is 0 Å². The van der Waals surface area contributed by atoms with E-state index in [2.05, 4.69) is 48.5 Å². The number of anilines is 1. The number of fused-ring (bicyclic) bond motifs is 1. The molecule has 3 nitrogen and oxygen atoms in total. The lowest BCUT2D eigenvalue weighted by Crippen LogP contribution is -2.30. The molecule has 1 aliphatic heterocycles. The van der Waals surface area contributed by atoms with Gasteiger partial charge in [0, 0.05) is 36.8 Å². The Morgan fingerprint density at radius 2 is 2.29 bits per heavy atom. The number of aromatic nitrogens is 1. The monoisotopic (exact) mass is 301 g/mol. The first kappa shape index (κ1) is 14.5. The highest BCUT2D eigenvalue weighted by Crippen LogP contribution is 2.28. The summed E-state index contributed by atoms with van der Waals surface area (Å²) in [5, 5.41) is 5.65. The van der Waals surface area contributed by atoms with Crippen molar-refractivity contribution in [1.29, 1.82) is 0 Å². The van der Waals surface area contributed by atoms with Crippen LogP contribution in [0, 0.1) is 6.92 Å². The van der Waals surface area contributed by atoms with E-state index >= 15 is 0 Å². The van der Waals surface area contributed by atoms with E-state index in [4.69, 9.17) is 4.98 Å². The van der Waals surface area contributed by atoms with Crippen LogP contribution in [0.15, 0.2) is 23.7 Å². The van der Waals surface area contributed by atoms with E-state index in [9.17, 15) is 0 Å². The van der Waals surface area contributed by atoms with Crippen LogP contribution in [0.5, 0.6) is 0 Å². The molecule has 4 heteroatoms. The van der Waals surface area contributed by atoms with Gasteiger partial charge in [-0.05, 0) is 47.5 Å². The molecule has 21 heavy (non-hydrogen) atoms. The molecule has 0 bridgehead atoms. The smallest absolute Gasteiger partial charge is 0.131 e. The first-order chi connectivity index (χ1) is 10.1. The van der Waals surface area contributed by atoms with E-state index in [1.54, 1.807) is 4.88 Å². The lowest BCUT2D eigenvalue weighted by Gasteiger charge is -2.29. The van der Waals surface area contributed by atoms with Gasteiger partial charge < -0.3 is 10.2 Å². The molecule has 1 aliphatic rings. The van der Waals surface area contributed by atoms with Gasteiger partial charge in [0.25, 0.3) is 0 Å². The van der Waals surface area contributed by atoms with Crippen molar-refractivity contribution in [3.63, 3.8) is 0 Å². The van der Waals surface area contributed by atoms with Gasteiger partial charge in [0.15, 0.2) is 0 Å². The zero-order valence-electron chi connectivity index (χ0n) is 13.0. The number of pyridine rings is 1. The van der Waals surface area contributed by atoms with Crippen molar-refractivity contribution in [3.8, 4) is 0 Å². The van der Waals surface area contributed by atoms with Crippen molar-refractivity contribution in [2.24, 2.45) is 0 Å². The first-order valence-electron chi connectivity index (χ1n) is 7.62. The molecule has 112 valence electrons. The lowest BCUT2D eigenvalue weighted by molar-refractivity contribution is 0.587. The molecule has 0 fully saturated rings. The first-order valence-corrected chi connectivity index (χ1v) is 8.50. The number of hydrogen-bond donors (Lipinski definition) is 1. The summed E-state index contributed by atoms with van der Waals surface area (Å²) in [4.78, 5) is 8.68. The molecule has 0 aliphatic carbocycles. The van der Waals surface area contributed by atoms with Gasteiger partial charge in [-0.1, -0.05) is 13.8 Å². The molecule has 0 saturated heterocycles. The van der Waals surface area contributed by atoms with Crippen LogP contribution in [0.25, 0.3) is 0 Å². The summed E-state index contributed by atoms with van der Waals surface area (Å²) in [7, 11) is 0. The highest BCUT2D eigenvalue weighted by atomic mass is 32.1. The molecule has 0 aromatic carbocycles. The second-order valence-electron chi connectivity index (χ2n) is 6.06. The van der Waals surface area contributed by atoms with Gasteiger partial charge in [-0.3, -0.25) is 0 Å². The fraction of sp³-hybridized carbons (Fsp3) is 0.471. The van der Waals surface area contributed by atoms with Gasteiger partial charge in [-0.2, -0.15) is 0 Å². The molecule has 0 radical (unpaired) electrons. The van der Waals surface area contributed by atoms with Crippen LogP contribution >= 0.6 is 11.3 Å². The summed E-state index contributed by atoms with van der Waals surface area (Å²) >= 11 is 1.88. The molecular formula is C17H23N3S. The van der Waals surface area contributed by atoms with Crippen molar-refractivity contribution in [3.05, 3.63) is 45.3 Å². The standard InChI is InChI=1S/C17H23N3S/c1-12(2)18-9-14-8-13(3)17(19-10-14)20-6-4-16-15(11-20)5-7-21-16/h5,7-8,10,12,18H,4,6,9,11H2,1-3H3. The van der Waals surface area contributed by atoms with Crippen LogP contribution in [0.1, 0.15) is 35.4 Å². The van der Waals surface area contributed by atoms with Gasteiger partial charge in [-0.25, -0.2) is 4.98 Å². The van der Waals surface area contributed by atoms with Gasteiger partial charge in [-0.15, -0.1) is 11.3 Å². The van der Waals surface area contributed by atoms with Gasteiger partial charge in [0.05, 0.1) is 0 Å². The average Bonchev–Trinajstić information content (AvgIpc) is 2.92. The topological polar surface area (TPSA) is 28.2 Å². The Morgan fingerprint density at radius 1 is 1.43 bits per heavy atom. The van der Waals surface area contributed by atoms with Crippen molar-refractivity contribution in [2.75, 3.05) is 11.4 Å². The summed E-state index contributed by atoms with van der Waals surface area (Å²) in [6.45, 7) is 9.47. The lowest BCUT2D eigenvalue weighted by atomic mass is 10.1. The van der Waals surface area contributed by atoms with Crippen molar-refractivity contribution >= 4 is 17.2 Å². The predicted molar refractivity (Wildman–Crippen MR) is 90.0 cm³/mol. The number of nitrogens with zero attached hydrogens (tertiary/aromatic N) is 2. The predicted octanol–water partition coefficient (Wildman–Crippen LogP) is 3.51. The minimum absolute atomic E-state index is 0.504. The second kappa shape index (κ2) is 6.16. The van der Waals surface area contributed by atoms with Gasteiger partial charge >= 0.3 is 0 Å². The van der Waals surface area contributed by atoms with Crippen molar-refractivity contribution in [1.82, 2.24) is 10.3 Å². The van der Waals surface area contributed by atoms with E-state index in [0.717, 1.165) is 31.9 Å². The number of thiophene rings is 1. The number of rotatable bonds is 4. The maximum atomic E-state index is 4.73. The summed E-state index contributed by atoms with van der Waals surface area (Å²) in [5.74, 6) is 1.14. The van der Waals surface area contributed by atoms with E-state index < -0.39 is 0 Å². The molecule has 3 heterocycles. The largest absolute Gasteiger partial charge is 0.352 e. The van der Waals surface area contributed by atoms with Crippen LogP contribution in [0.3, 0.4) is 0 Å². The third-order valence-corrected chi connectivity index (χ3v) is 4.95. The van der Waals surface area contributed by atoms with Crippen LogP contribution in [0.2, 0.25) is 0 Å². The SMILES string of the molecule is Cc1cc(CNC(C)C)cnc1N1CCc2sccc2C1. The second-order valence-corrected chi connectivity index (χ2v) is 7.06. The average molecular weight is 301 g/mol. The van der Waals surface area contributed by atoms with E-state index in [-0.39, 0.29) is 0 Å². The quantitative estimate of drug-likeness (QED) is 0.936. The van der Waals surface area contributed by atoms with E-state index in [1.807, 2.05) is 17.5 Å². The fourth-order valence-electron chi connectivity index (χ4n) is 2.80. The number of nitrogens with one attached hydrogen (secondary N) is 1. The minimum atomic E-state index is 0.504. The summed E-state index contributed by atoms with van der Waals surface area (Å²) in [6.07, 6.45) is 3.16. The molecular weight excluding hydrogens is 278 g/mol. The molecule has 2 aromatic rings. The Bertz CT molecular complexity index is 618. The van der Waals surface area contributed by atoms with E-state index in [1.165, 1.54) is 16.7 Å². The molecule has 0 amide bonds. The van der Waals surface area contributed by atoms with Gasteiger partial charge in [0.1, 0.15) is 5.82 Å². The van der Waals surface area contributed by atoms with Crippen LogP contribution in [-0.4, -0.2) is 17.6 Å². The fourth-order valence-corrected chi connectivity index (χ4v) is 3.69. The number of hydrogen-bond acceptors (Lipinski definition) is 4. The van der Waals surface area contributed by atoms with Crippen LogP contribution in [0.4, 0.5) is 5.82 Å². The Balaban J connectivity index is 1.74. The Hall–Kier alpha value is -1.39. The summed E-state index contributed by atoms with van der Waals surface area (Å²) < 4.78 is 0. The maximum absolute atomic E-state index is 4.73. The normalized spacial score (nSPS) is 14.6. The molecule has 0 spiro atoms. The third-order valence-electron chi connectivity index (χ3n) is 3.93. The maximum Gasteiger partial charge on any atom is 0.131 e. The van der Waals surface area contributed by atoms with E-state index in [0.29, 0.717) is 6.04 Å². The molecule has 0 atom stereocenters. The molecule has 3 rings (SSSR count). The number of aryl methyl sites for hydroxylation is 1. The molecule has 0 unspecified atom stereocenters. The van der Waals surface area contributed by atoms with Crippen LogP contribution < -0.4 is 10.2 Å². The highest BCUT2D eigenvalue weighted by Gasteiger charge is 2.19.